The molecule has 2 amide bonds. The van der Waals surface area contributed by atoms with Crippen LogP contribution in [0.3, 0.4) is 0 Å². The second-order valence-electron chi connectivity index (χ2n) is 6.63. The van der Waals surface area contributed by atoms with Gasteiger partial charge in [0.25, 0.3) is 0 Å². The summed E-state index contributed by atoms with van der Waals surface area (Å²) in [5, 5.41) is 2.99. The highest BCUT2D eigenvalue weighted by molar-refractivity contribution is 5.75. The van der Waals surface area contributed by atoms with Crippen molar-refractivity contribution in [2.75, 3.05) is 31.1 Å². The van der Waals surface area contributed by atoms with E-state index < -0.39 is 0 Å². The average Bonchev–Trinajstić information content (AvgIpc) is 2.61. The normalized spacial score (nSPS) is 18.7. The highest BCUT2D eigenvalue weighted by Gasteiger charge is 2.20. The van der Waals surface area contributed by atoms with Crippen LogP contribution in [0.15, 0.2) is 36.0 Å². The number of carbonyl (C=O) groups is 1. The van der Waals surface area contributed by atoms with Crippen molar-refractivity contribution in [3.63, 3.8) is 0 Å². The van der Waals surface area contributed by atoms with Gasteiger partial charge in [-0.05, 0) is 50.3 Å². The van der Waals surface area contributed by atoms with Crippen LogP contribution in [0.4, 0.5) is 10.5 Å². The number of nitrogens with zero attached hydrogens (tertiary/aromatic N) is 2. The summed E-state index contributed by atoms with van der Waals surface area (Å²) in [6.45, 7) is 5.47. The fourth-order valence-electron chi connectivity index (χ4n) is 3.40. The number of benzene rings is 1. The predicted octanol–water partition coefficient (Wildman–Crippen LogP) is 3.67. The first-order valence-corrected chi connectivity index (χ1v) is 8.77. The van der Waals surface area contributed by atoms with Gasteiger partial charge in [0.2, 0.25) is 0 Å². The second kappa shape index (κ2) is 7.53. The van der Waals surface area contributed by atoms with Gasteiger partial charge < -0.3 is 15.1 Å². The second-order valence-corrected chi connectivity index (χ2v) is 6.63. The summed E-state index contributed by atoms with van der Waals surface area (Å²) in [5.74, 6) is 0. The van der Waals surface area contributed by atoms with E-state index in [-0.39, 0.29) is 6.03 Å². The highest BCUT2D eigenvalue weighted by atomic mass is 16.2. The number of amides is 2. The van der Waals surface area contributed by atoms with Crippen molar-refractivity contribution in [1.29, 1.82) is 0 Å². The van der Waals surface area contributed by atoms with Crippen molar-refractivity contribution in [1.82, 2.24) is 10.2 Å². The van der Waals surface area contributed by atoms with Gasteiger partial charge in [-0.2, -0.15) is 0 Å². The third kappa shape index (κ3) is 4.27. The summed E-state index contributed by atoms with van der Waals surface area (Å²) in [5.41, 5.74) is 3.93. The number of hydrogen-bond donors (Lipinski definition) is 1. The Kier molecular flexibility index (Phi) is 5.21. The molecule has 3 rings (SSSR count). The maximum atomic E-state index is 12.3. The van der Waals surface area contributed by atoms with Gasteiger partial charge in [0.05, 0.1) is 0 Å². The molecule has 2 aliphatic rings. The minimum atomic E-state index is 0.0481. The molecule has 1 heterocycles. The van der Waals surface area contributed by atoms with E-state index in [2.05, 4.69) is 41.4 Å². The minimum absolute atomic E-state index is 0.0481. The van der Waals surface area contributed by atoms with Gasteiger partial charge in [-0.1, -0.05) is 24.1 Å². The van der Waals surface area contributed by atoms with Crippen LogP contribution in [0.5, 0.6) is 0 Å². The van der Waals surface area contributed by atoms with Gasteiger partial charge >= 0.3 is 6.03 Å². The number of carbonyl (C=O) groups excluding carboxylic acids is 1. The molecule has 1 aromatic carbocycles. The zero-order valence-corrected chi connectivity index (χ0v) is 14.1. The fourth-order valence-corrected chi connectivity index (χ4v) is 3.40. The van der Waals surface area contributed by atoms with Crippen molar-refractivity contribution in [3.05, 3.63) is 41.6 Å². The van der Waals surface area contributed by atoms with Crippen molar-refractivity contribution in [2.45, 2.75) is 39.0 Å². The molecule has 1 aliphatic carbocycles. The average molecular weight is 313 g/mol. The lowest BCUT2D eigenvalue weighted by atomic mass is 9.96. The molecule has 124 valence electrons. The fraction of sp³-hybridized carbons (Fsp3) is 0.526. The van der Waals surface area contributed by atoms with Crippen LogP contribution in [0.25, 0.3) is 0 Å². The smallest absolute Gasteiger partial charge is 0.321 e. The number of hydrogen-bond acceptors (Lipinski definition) is 2. The third-order valence-corrected chi connectivity index (χ3v) is 4.83. The van der Waals surface area contributed by atoms with Crippen LogP contribution < -0.4 is 10.2 Å². The molecule has 1 aromatic rings. The Morgan fingerprint density at radius 2 is 1.83 bits per heavy atom. The zero-order chi connectivity index (χ0) is 16.1. The van der Waals surface area contributed by atoms with E-state index in [0.29, 0.717) is 0 Å². The first kappa shape index (κ1) is 15.9. The summed E-state index contributed by atoms with van der Waals surface area (Å²) >= 11 is 0. The summed E-state index contributed by atoms with van der Waals surface area (Å²) < 4.78 is 0. The zero-order valence-electron chi connectivity index (χ0n) is 14.1. The molecular weight excluding hydrogens is 286 g/mol. The Bertz CT molecular complexity index is 566. The molecular formula is C19H27N3O. The third-order valence-electron chi connectivity index (χ3n) is 4.83. The quantitative estimate of drug-likeness (QED) is 0.904. The van der Waals surface area contributed by atoms with Crippen LogP contribution in [0, 0.1) is 6.92 Å². The maximum Gasteiger partial charge on any atom is 0.321 e. The summed E-state index contributed by atoms with van der Waals surface area (Å²) in [6, 6.07) is 8.62. The number of rotatable bonds is 2. The Morgan fingerprint density at radius 3 is 2.52 bits per heavy atom. The number of aryl methyl sites for hydroxylation is 1. The first-order valence-electron chi connectivity index (χ1n) is 8.77. The molecule has 1 aliphatic heterocycles. The monoisotopic (exact) mass is 313 g/mol. The largest absolute Gasteiger partial charge is 0.368 e. The molecule has 1 saturated carbocycles. The first-order chi connectivity index (χ1) is 11.2. The summed E-state index contributed by atoms with van der Waals surface area (Å²) in [7, 11) is 0. The van der Waals surface area contributed by atoms with Crippen molar-refractivity contribution >= 4 is 11.7 Å². The van der Waals surface area contributed by atoms with Crippen molar-refractivity contribution in [3.8, 4) is 0 Å². The van der Waals surface area contributed by atoms with E-state index >= 15 is 0 Å². The molecule has 1 N–H and O–H groups in total. The lowest BCUT2D eigenvalue weighted by Gasteiger charge is -2.36. The van der Waals surface area contributed by atoms with Crippen LogP contribution in [-0.4, -0.2) is 37.1 Å². The maximum absolute atomic E-state index is 12.3. The SMILES string of the molecule is Cc1cccc(N2CCN(C(=O)NC=C3CCCCC3)CC2)c1. The van der Waals surface area contributed by atoms with Crippen LogP contribution in [0.2, 0.25) is 0 Å². The van der Waals surface area contributed by atoms with Crippen LogP contribution in [0.1, 0.15) is 37.7 Å². The number of urea groups is 1. The van der Waals surface area contributed by atoms with Gasteiger partial charge in [-0.15, -0.1) is 0 Å². The molecule has 2 fully saturated rings. The van der Waals surface area contributed by atoms with Gasteiger partial charge in [0.15, 0.2) is 0 Å². The van der Waals surface area contributed by atoms with E-state index in [4.69, 9.17) is 0 Å². The van der Waals surface area contributed by atoms with Gasteiger partial charge in [-0.25, -0.2) is 4.79 Å². The van der Waals surface area contributed by atoms with Crippen molar-refractivity contribution < 1.29 is 4.79 Å². The Morgan fingerprint density at radius 1 is 1.09 bits per heavy atom. The molecule has 4 heteroatoms. The lowest BCUT2D eigenvalue weighted by Crippen LogP contribution is -2.51. The highest BCUT2D eigenvalue weighted by Crippen LogP contribution is 2.22. The van der Waals surface area contributed by atoms with Crippen LogP contribution in [-0.2, 0) is 0 Å². The molecule has 0 unspecified atom stereocenters. The standard InChI is InChI=1S/C19H27N3O/c1-16-6-5-9-18(14-16)21-10-12-22(13-11-21)19(23)20-15-17-7-3-2-4-8-17/h5-6,9,14-15H,2-4,7-8,10-13H2,1H3,(H,20,23). The van der Waals surface area contributed by atoms with E-state index in [0.717, 1.165) is 39.0 Å². The van der Waals surface area contributed by atoms with E-state index in [1.807, 2.05) is 11.1 Å². The Labute approximate surface area is 139 Å². The van der Waals surface area contributed by atoms with Crippen molar-refractivity contribution in [2.24, 2.45) is 0 Å². The summed E-state index contributed by atoms with van der Waals surface area (Å²) in [4.78, 5) is 16.6. The van der Waals surface area contributed by atoms with E-state index in [1.165, 1.54) is 36.1 Å². The predicted molar refractivity (Wildman–Crippen MR) is 94.7 cm³/mol. The molecule has 0 radical (unpaired) electrons. The number of nitrogens with one attached hydrogen (secondary N) is 1. The number of anilines is 1. The van der Waals surface area contributed by atoms with E-state index in [1.54, 1.807) is 0 Å². The molecule has 0 bridgehead atoms. The topological polar surface area (TPSA) is 35.6 Å². The molecule has 0 aromatic heterocycles. The van der Waals surface area contributed by atoms with Gasteiger partial charge in [0, 0.05) is 38.1 Å². The summed E-state index contributed by atoms with van der Waals surface area (Å²) in [6.07, 6.45) is 8.08. The Balaban J connectivity index is 1.49. The minimum Gasteiger partial charge on any atom is -0.368 e. The molecule has 4 nitrogen and oxygen atoms in total. The molecule has 1 saturated heterocycles. The number of allylic oxidation sites excluding steroid dienone is 1. The number of piperazine rings is 1. The van der Waals surface area contributed by atoms with E-state index in [9.17, 15) is 4.79 Å². The molecule has 0 spiro atoms. The Hall–Kier alpha value is -1.97. The van der Waals surface area contributed by atoms with Gasteiger partial charge in [-0.3, -0.25) is 0 Å². The molecule has 0 atom stereocenters. The van der Waals surface area contributed by atoms with Crippen LogP contribution >= 0.6 is 0 Å². The lowest BCUT2D eigenvalue weighted by molar-refractivity contribution is 0.198. The molecule has 23 heavy (non-hydrogen) atoms. The van der Waals surface area contributed by atoms with Gasteiger partial charge in [0.1, 0.15) is 0 Å².